The van der Waals surface area contributed by atoms with Crippen molar-refractivity contribution in [1.29, 1.82) is 0 Å². The lowest BCUT2D eigenvalue weighted by atomic mass is 10.3. The topological polar surface area (TPSA) is 21.6 Å². The fourth-order valence-electron chi connectivity index (χ4n) is 0.330. The second-order valence-electron chi connectivity index (χ2n) is 1.37. The van der Waals surface area contributed by atoms with Gasteiger partial charge in [0.05, 0.1) is 0 Å². The molecule has 0 N–H and O–H groups in total. The lowest BCUT2D eigenvalue weighted by Gasteiger charge is -1.93. The van der Waals surface area contributed by atoms with Crippen LogP contribution in [0.1, 0.15) is 13.3 Å². The van der Waals surface area contributed by atoms with Crippen LogP contribution in [0.25, 0.3) is 0 Å². The van der Waals surface area contributed by atoms with Gasteiger partial charge >= 0.3 is 0 Å². The zero-order valence-electron chi connectivity index (χ0n) is 3.64. The summed E-state index contributed by atoms with van der Waals surface area (Å²) < 4.78 is 0. The van der Waals surface area contributed by atoms with Crippen LogP contribution in [0.3, 0.4) is 0 Å². The predicted octanol–water partition coefficient (Wildman–Crippen LogP) is 0.658. The van der Waals surface area contributed by atoms with Gasteiger partial charge in [0.25, 0.3) is 0 Å². The Bertz CT molecular complexity index is 61.9. The molecule has 0 amide bonds. The van der Waals surface area contributed by atoms with Gasteiger partial charge in [-0.2, -0.15) is 0 Å². The van der Waals surface area contributed by atoms with Crippen LogP contribution in [0.15, 0.2) is 5.16 Å². The molecule has 2 heteroatoms. The summed E-state index contributed by atoms with van der Waals surface area (Å²) in [6, 6.07) is 0. The van der Waals surface area contributed by atoms with E-state index in [1.54, 1.807) is 0 Å². The van der Waals surface area contributed by atoms with Gasteiger partial charge in [-0.25, -0.2) is 0 Å². The van der Waals surface area contributed by atoms with E-state index in [4.69, 9.17) is 0 Å². The Morgan fingerprint density at radius 2 is 2.83 bits per heavy atom. The quantitative estimate of drug-likeness (QED) is 0.422. The van der Waals surface area contributed by atoms with Crippen molar-refractivity contribution in [3.63, 3.8) is 0 Å². The zero-order valence-corrected chi connectivity index (χ0v) is 3.64. The van der Waals surface area contributed by atoms with Gasteiger partial charge in [0, 0.05) is 6.42 Å². The van der Waals surface area contributed by atoms with E-state index in [2.05, 4.69) is 16.2 Å². The summed E-state index contributed by atoms with van der Waals surface area (Å²) in [5.41, 5.74) is 0. The second kappa shape index (κ2) is 1.29. The van der Waals surface area contributed by atoms with E-state index in [1.165, 1.54) is 0 Å². The van der Waals surface area contributed by atoms with E-state index in [0.717, 1.165) is 6.42 Å². The first kappa shape index (κ1) is 3.65. The minimum atomic E-state index is 0.269. The molecule has 0 fully saturated rings. The average Bonchev–Trinajstić information content (AvgIpc) is 1.86. The molecule has 2 nitrogen and oxygen atoms in total. The summed E-state index contributed by atoms with van der Waals surface area (Å²) in [5, 5.41) is 3.41. The van der Waals surface area contributed by atoms with E-state index in [-0.39, 0.29) is 6.10 Å². The molecule has 0 aliphatic carbocycles. The Kier molecular flexibility index (Phi) is 0.783. The lowest BCUT2D eigenvalue weighted by Crippen LogP contribution is -1.94. The maximum atomic E-state index is 4.67. The highest BCUT2D eigenvalue weighted by Crippen LogP contribution is 2.00. The van der Waals surface area contributed by atoms with Gasteiger partial charge in [-0.05, 0) is 6.92 Å². The normalized spacial score (nSPS) is 30.5. The molecule has 1 aliphatic rings. The van der Waals surface area contributed by atoms with Crippen LogP contribution in [0.4, 0.5) is 0 Å². The van der Waals surface area contributed by atoms with Crippen LogP contribution in [0, 0.1) is 0 Å². The van der Waals surface area contributed by atoms with E-state index in [1.807, 2.05) is 6.92 Å². The molecule has 0 saturated carbocycles. The highest BCUT2D eigenvalue weighted by molar-refractivity contribution is 5.58. The van der Waals surface area contributed by atoms with Gasteiger partial charge in [0.1, 0.15) is 12.3 Å². The van der Waals surface area contributed by atoms with E-state index < -0.39 is 0 Å². The van der Waals surface area contributed by atoms with Crippen molar-refractivity contribution in [3.8, 4) is 0 Å². The van der Waals surface area contributed by atoms with Gasteiger partial charge in [-0.15, -0.1) is 0 Å². The fraction of sp³-hybridized carbons (Fsp3) is 0.750. The molecule has 0 aromatic rings. The van der Waals surface area contributed by atoms with Gasteiger partial charge in [-0.3, -0.25) is 0 Å². The van der Waals surface area contributed by atoms with Crippen molar-refractivity contribution in [2.45, 2.75) is 19.4 Å². The summed E-state index contributed by atoms with van der Waals surface area (Å²) in [6.07, 6.45) is 3.79. The Labute approximate surface area is 36.8 Å². The van der Waals surface area contributed by atoms with Gasteiger partial charge < -0.3 is 4.84 Å². The van der Waals surface area contributed by atoms with Crippen molar-refractivity contribution in [2.75, 3.05) is 0 Å². The monoisotopic (exact) mass is 84.0 g/mol. The Hall–Kier alpha value is -0.530. The summed E-state index contributed by atoms with van der Waals surface area (Å²) in [6.45, 7) is 1.96. The van der Waals surface area contributed by atoms with Crippen LogP contribution in [0.5, 0.6) is 0 Å². The summed E-state index contributed by atoms with van der Waals surface area (Å²) in [7, 11) is 0. The lowest BCUT2D eigenvalue weighted by molar-refractivity contribution is 0.0996. The average molecular weight is 84.1 g/mol. The SMILES string of the molecule is CC1C[C]=NO1. The fourth-order valence-corrected chi connectivity index (χ4v) is 0.330. The molecule has 0 spiro atoms. The standard InChI is InChI=1S/C4H6NO/c1-4-2-3-5-6-4/h4H,2H2,1H3. The van der Waals surface area contributed by atoms with Crippen LogP contribution in [-0.4, -0.2) is 12.3 Å². The largest absolute Gasteiger partial charge is 0.392 e. The number of nitrogens with zero attached hydrogens (tertiary/aromatic N) is 1. The number of hydrogen-bond donors (Lipinski definition) is 0. The summed E-state index contributed by atoms with van der Waals surface area (Å²) in [4.78, 5) is 4.67. The molecule has 1 radical (unpaired) electrons. The van der Waals surface area contributed by atoms with Crippen molar-refractivity contribution >= 4 is 6.21 Å². The Morgan fingerprint density at radius 1 is 2.00 bits per heavy atom. The molecule has 1 heterocycles. The van der Waals surface area contributed by atoms with Crippen molar-refractivity contribution < 1.29 is 4.84 Å². The molecular weight excluding hydrogens is 78.0 g/mol. The molecule has 1 aliphatic heterocycles. The van der Waals surface area contributed by atoms with Crippen molar-refractivity contribution in [3.05, 3.63) is 0 Å². The third kappa shape index (κ3) is 0.506. The highest BCUT2D eigenvalue weighted by atomic mass is 16.6. The molecule has 0 aromatic heterocycles. The molecule has 0 aromatic carbocycles. The van der Waals surface area contributed by atoms with Crippen LogP contribution in [-0.2, 0) is 4.84 Å². The van der Waals surface area contributed by atoms with Crippen LogP contribution < -0.4 is 0 Å². The Morgan fingerprint density at radius 3 is 3.00 bits per heavy atom. The first-order valence-corrected chi connectivity index (χ1v) is 1.98. The minimum absolute atomic E-state index is 0.269. The smallest absolute Gasteiger partial charge is 0.130 e. The molecule has 6 heavy (non-hydrogen) atoms. The van der Waals surface area contributed by atoms with Crippen LogP contribution in [0.2, 0.25) is 0 Å². The molecule has 0 bridgehead atoms. The summed E-state index contributed by atoms with van der Waals surface area (Å²) in [5.74, 6) is 0. The minimum Gasteiger partial charge on any atom is -0.392 e. The molecule has 1 unspecified atom stereocenters. The van der Waals surface area contributed by atoms with E-state index in [0.29, 0.717) is 0 Å². The molecule has 1 atom stereocenters. The maximum absolute atomic E-state index is 4.67. The molecule has 1 rings (SSSR count). The van der Waals surface area contributed by atoms with E-state index >= 15 is 0 Å². The van der Waals surface area contributed by atoms with Crippen LogP contribution >= 0.6 is 0 Å². The maximum Gasteiger partial charge on any atom is 0.130 e. The van der Waals surface area contributed by atoms with Gasteiger partial charge in [0.2, 0.25) is 0 Å². The van der Waals surface area contributed by atoms with Gasteiger partial charge in [-0.1, -0.05) is 5.16 Å². The van der Waals surface area contributed by atoms with Gasteiger partial charge in [0.15, 0.2) is 0 Å². The predicted molar refractivity (Wildman–Crippen MR) is 22.6 cm³/mol. The highest BCUT2D eigenvalue weighted by Gasteiger charge is 2.03. The first-order valence-electron chi connectivity index (χ1n) is 1.98. The molecule has 33 valence electrons. The van der Waals surface area contributed by atoms with Crippen molar-refractivity contribution in [1.82, 2.24) is 0 Å². The third-order valence-corrected chi connectivity index (χ3v) is 0.676. The second-order valence-corrected chi connectivity index (χ2v) is 1.37. The summed E-state index contributed by atoms with van der Waals surface area (Å²) >= 11 is 0. The third-order valence-electron chi connectivity index (χ3n) is 0.676. The molecule has 0 saturated heterocycles. The number of rotatable bonds is 0. The Balaban J connectivity index is 2.32. The number of hydrogen-bond acceptors (Lipinski definition) is 2. The first-order chi connectivity index (χ1) is 2.89. The van der Waals surface area contributed by atoms with Crippen molar-refractivity contribution in [2.24, 2.45) is 5.16 Å². The zero-order chi connectivity index (χ0) is 4.41. The molecular formula is C4H6NO. The van der Waals surface area contributed by atoms with E-state index in [9.17, 15) is 0 Å².